The van der Waals surface area contributed by atoms with Gasteiger partial charge in [-0.2, -0.15) is 0 Å². The van der Waals surface area contributed by atoms with Crippen molar-refractivity contribution in [3.63, 3.8) is 0 Å². The molecule has 0 bridgehead atoms. The molecule has 2 heterocycles. The molecule has 0 saturated heterocycles. The Kier molecular flexibility index (Phi) is 3.81. The maximum absolute atomic E-state index is 12.1. The number of anilines is 1. The van der Waals surface area contributed by atoms with E-state index in [1.54, 1.807) is 16.8 Å². The van der Waals surface area contributed by atoms with Gasteiger partial charge in [-0.25, -0.2) is 4.98 Å². The summed E-state index contributed by atoms with van der Waals surface area (Å²) in [5.74, 6) is -0.0346. The van der Waals surface area contributed by atoms with Crippen LogP contribution >= 0.6 is 34.4 Å². The van der Waals surface area contributed by atoms with Crippen molar-refractivity contribution < 1.29 is 4.79 Å². The van der Waals surface area contributed by atoms with Crippen LogP contribution in [0.15, 0.2) is 9.85 Å². The molecule has 3 rings (SSSR count). The van der Waals surface area contributed by atoms with Gasteiger partial charge in [0, 0.05) is 4.88 Å². The fraction of sp³-hybridized carbons (Fsp3) is 0.455. The molecule has 2 aromatic rings. The Hall–Kier alpha value is -0.990. The maximum Gasteiger partial charge on any atom is 0.239 e. The Morgan fingerprint density at radius 1 is 1.53 bits per heavy atom. The Balaban J connectivity index is 1.60. The van der Waals surface area contributed by atoms with Crippen molar-refractivity contribution in [2.24, 2.45) is 0 Å². The van der Waals surface area contributed by atoms with Gasteiger partial charge in [-0.05, 0) is 26.2 Å². The number of thiazole rings is 1. The van der Waals surface area contributed by atoms with Gasteiger partial charge in [0.25, 0.3) is 0 Å². The Morgan fingerprint density at radius 3 is 3.16 bits per heavy atom. The molecule has 1 atom stereocenters. The fourth-order valence-corrected chi connectivity index (χ4v) is 4.55. The minimum atomic E-state index is -0.202. The molecule has 0 fully saturated rings. The minimum absolute atomic E-state index is 0.0346. The van der Waals surface area contributed by atoms with E-state index in [0.717, 1.165) is 28.0 Å². The first-order chi connectivity index (χ1) is 9.22. The highest BCUT2D eigenvalue weighted by atomic mass is 32.2. The molecule has 19 heavy (non-hydrogen) atoms. The van der Waals surface area contributed by atoms with Crippen LogP contribution in [0.5, 0.6) is 0 Å². The molecule has 100 valence electrons. The molecule has 0 saturated carbocycles. The number of amides is 1. The Labute approximate surface area is 122 Å². The van der Waals surface area contributed by atoms with Crippen molar-refractivity contribution in [1.29, 1.82) is 0 Å². The van der Waals surface area contributed by atoms with Gasteiger partial charge in [0.2, 0.25) is 5.91 Å². The van der Waals surface area contributed by atoms with E-state index in [1.165, 1.54) is 34.4 Å². The number of aromatic nitrogens is 3. The third-order valence-electron chi connectivity index (χ3n) is 2.81. The third-order valence-corrected chi connectivity index (χ3v) is 5.80. The number of carbonyl (C=O) groups is 1. The van der Waals surface area contributed by atoms with Gasteiger partial charge in [0.05, 0.1) is 10.9 Å². The van der Waals surface area contributed by atoms with Crippen LogP contribution in [-0.2, 0) is 17.6 Å². The quantitative estimate of drug-likeness (QED) is 0.879. The van der Waals surface area contributed by atoms with Crippen molar-refractivity contribution in [3.05, 3.63) is 16.1 Å². The van der Waals surface area contributed by atoms with E-state index in [-0.39, 0.29) is 11.2 Å². The molecule has 0 unspecified atom stereocenters. The van der Waals surface area contributed by atoms with Gasteiger partial charge < -0.3 is 5.32 Å². The van der Waals surface area contributed by atoms with Crippen LogP contribution in [0.4, 0.5) is 5.13 Å². The molecule has 1 amide bonds. The standard InChI is InChI=1S/C11H12N4OS3/c1-6(18-11-15-12-5-17-11)9(16)14-10-13-7-3-2-4-8(7)19-10/h5-6H,2-4H2,1H3,(H,13,14,16)/t6-/m0/s1. The first-order valence-corrected chi connectivity index (χ1v) is 8.52. The van der Waals surface area contributed by atoms with Gasteiger partial charge in [0.15, 0.2) is 9.47 Å². The summed E-state index contributed by atoms with van der Waals surface area (Å²) in [7, 11) is 0. The monoisotopic (exact) mass is 312 g/mol. The topological polar surface area (TPSA) is 67.8 Å². The summed E-state index contributed by atoms with van der Waals surface area (Å²) >= 11 is 4.46. The van der Waals surface area contributed by atoms with Crippen LogP contribution in [0.25, 0.3) is 0 Å². The predicted molar refractivity (Wildman–Crippen MR) is 78.0 cm³/mol. The van der Waals surface area contributed by atoms with E-state index < -0.39 is 0 Å². The summed E-state index contributed by atoms with van der Waals surface area (Å²) in [6, 6.07) is 0. The lowest BCUT2D eigenvalue weighted by Crippen LogP contribution is -2.22. The van der Waals surface area contributed by atoms with E-state index in [4.69, 9.17) is 0 Å². The minimum Gasteiger partial charge on any atom is -0.301 e. The smallest absolute Gasteiger partial charge is 0.239 e. The third kappa shape index (κ3) is 2.96. The molecule has 1 N–H and O–H groups in total. The summed E-state index contributed by atoms with van der Waals surface area (Å²) in [5.41, 5.74) is 2.82. The van der Waals surface area contributed by atoms with Crippen molar-refractivity contribution in [1.82, 2.24) is 15.2 Å². The highest BCUT2D eigenvalue weighted by Gasteiger charge is 2.20. The van der Waals surface area contributed by atoms with E-state index in [2.05, 4.69) is 20.5 Å². The molecule has 0 aromatic carbocycles. The van der Waals surface area contributed by atoms with Crippen LogP contribution in [0, 0.1) is 0 Å². The van der Waals surface area contributed by atoms with Crippen molar-refractivity contribution in [3.8, 4) is 0 Å². The number of hydrogen-bond acceptors (Lipinski definition) is 7. The zero-order valence-corrected chi connectivity index (χ0v) is 12.7. The van der Waals surface area contributed by atoms with E-state index >= 15 is 0 Å². The molecule has 8 heteroatoms. The lowest BCUT2D eigenvalue weighted by Gasteiger charge is -2.07. The molecule has 0 aliphatic heterocycles. The first kappa shape index (κ1) is 13.0. The SMILES string of the molecule is C[C@H](Sc1nncs1)C(=O)Nc1nc2c(s1)CCC2. The van der Waals surface area contributed by atoms with Crippen LogP contribution in [-0.4, -0.2) is 26.3 Å². The second-order valence-corrected chi connectivity index (χ2v) is 7.70. The van der Waals surface area contributed by atoms with Crippen molar-refractivity contribution in [2.75, 3.05) is 5.32 Å². The number of nitrogens with one attached hydrogen (secondary N) is 1. The zero-order chi connectivity index (χ0) is 13.2. The van der Waals surface area contributed by atoms with Gasteiger partial charge in [-0.15, -0.1) is 21.5 Å². The van der Waals surface area contributed by atoms with Gasteiger partial charge in [0.1, 0.15) is 5.51 Å². The Bertz CT molecular complexity index is 559. The number of carbonyl (C=O) groups excluding carboxylic acids is 1. The number of hydrogen-bond donors (Lipinski definition) is 1. The molecule has 0 spiro atoms. The summed E-state index contributed by atoms with van der Waals surface area (Å²) in [4.78, 5) is 17.8. The van der Waals surface area contributed by atoms with Crippen molar-refractivity contribution >= 4 is 45.5 Å². The summed E-state index contributed by atoms with van der Waals surface area (Å²) < 4.78 is 0.810. The van der Waals surface area contributed by atoms with Crippen LogP contribution in [0.3, 0.4) is 0 Å². The average Bonchev–Trinajstić information content (AvgIpc) is 3.04. The van der Waals surface area contributed by atoms with E-state index in [0.29, 0.717) is 0 Å². The summed E-state index contributed by atoms with van der Waals surface area (Å²) in [5, 5.41) is 11.1. The average molecular weight is 312 g/mol. The highest BCUT2D eigenvalue weighted by molar-refractivity contribution is 8.02. The fourth-order valence-electron chi connectivity index (χ4n) is 1.87. The number of aryl methyl sites for hydroxylation is 2. The maximum atomic E-state index is 12.1. The van der Waals surface area contributed by atoms with Gasteiger partial charge >= 0.3 is 0 Å². The molecule has 0 radical (unpaired) electrons. The van der Waals surface area contributed by atoms with Crippen LogP contribution in [0.2, 0.25) is 0 Å². The predicted octanol–water partition coefficient (Wildman–Crippen LogP) is 2.60. The van der Waals surface area contributed by atoms with E-state index in [1.807, 2.05) is 6.92 Å². The highest BCUT2D eigenvalue weighted by Crippen LogP contribution is 2.31. The van der Waals surface area contributed by atoms with Crippen LogP contribution in [0.1, 0.15) is 23.9 Å². The molecule has 1 aliphatic carbocycles. The van der Waals surface area contributed by atoms with Crippen molar-refractivity contribution in [2.45, 2.75) is 35.8 Å². The lowest BCUT2D eigenvalue weighted by atomic mass is 10.4. The molecular weight excluding hydrogens is 300 g/mol. The Morgan fingerprint density at radius 2 is 2.42 bits per heavy atom. The largest absolute Gasteiger partial charge is 0.301 e. The normalized spacial score (nSPS) is 15.2. The number of nitrogens with zero attached hydrogens (tertiary/aromatic N) is 3. The number of rotatable bonds is 4. The molecule has 5 nitrogen and oxygen atoms in total. The first-order valence-electron chi connectivity index (χ1n) is 5.94. The number of fused-ring (bicyclic) bond motifs is 1. The van der Waals surface area contributed by atoms with Crippen LogP contribution < -0.4 is 5.32 Å². The molecule has 2 aromatic heterocycles. The van der Waals surface area contributed by atoms with Gasteiger partial charge in [-0.1, -0.05) is 23.1 Å². The summed E-state index contributed by atoms with van der Waals surface area (Å²) in [6.07, 6.45) is 3.32. The lowest BCUT2D eigenvalue weighted by molar-refractivity contribution is -0.115. The second kappa shape index (κ2) is 5.56. The summed E-state index contributed by atoms with van der Waals surface area (Å²) in [6.45, 7) is 1.86. The second-order valence-electron chi connectivity index (χ2n) is 4.20. The molecule has 1 aliphatic rings. The van der Waals surface area contributed by atoms with Gasteiger partial charge in [-0.3, -0.25) is 4.79 Å². The van der Waals surface area contributed by atoms with E-state index in [9.17, 15) is 4.79 Å². The zero-order valence-electron chi connectivity index (χ0n) is 10.3. The molecular formula is C11H12N4OS3. The number of thioether (sulfide) groups is 1.